The molecule has 0 aliphatic carbocycles. The number of nitrogens with one attached hydrogen (secondary N) is 5. The molecule has 6 N–H and O–H groups in total. The highest BCUT2D eigenvalue weighted by Gasteiger charge is 2.18. The van der Waals surface area contributed by atoms with Crippen LogP contribution in [0.3, 0.4) is 0 Å². The van der Waals surface area contributed by atoms with Gasteiger partial charge in [-0.2, -0.15) is 0 Å². The Kier molecular flexibility index (Phi) is 4.88. The fraction of sp³-hybridized carbons (Fsp3) is 0. The van der Waals surface area contributed by atoms with E-state index in [1.807, 2.05) is 10.0 Å². The van der Waals surface area contributed by atoms with Crippen molar-refractivity contribution in [2.24, 2.45) is 0 Å². The summed E-state index contributed by atoms with van der Waals surface area (Å²) in [6.45, 7) is 0. The van der Waals surface area contributed by atoms with Crippen LogP contribution in [0, 0.1) is 16.4 Å². The number of carbonyl (C=O) groups excluding carboxylic acids is 1. The minimum Gasteiger partial charge on any atom is -0.326 e. The number of benzene rings is 1. The summed E-state index contributed by atoms with van der Waals surface area (Å²) < 4.78 is 49.6. The zero-order valence-electron chi connectivity index (χ0n) is 12.5. The van der Waals surface area contributed by atoms with E-state index in [-0.39, 0.29) is 10.6 Å². The maximum atomic E-state index is 14.2. The van der Waals surface area contributed by atoms with E-state index in [9.17, 15) is 17.8 Å². The van der Waals surface area contributed by atoms with Crippen molar-refractivity contribution >= 4 is 57.9 Å². The third kappa shape index (κ3) is 3.66. The molecule has 2 amide bonds. The molecule has 3 rings (SSSR count). The zero-order valence-corrected chi connectivity index (χ0v) is 14.1. The van der Waals surface area contributed by atoms with E-state index < -0.39 is 40.3 Å². The van der Waals surface area contributed by atoms with Gasteiger partial charge in [0.1, 0.15) is 23.3 Å². The lowest BCUT2D eigenvalue weighted by atomic mass is 10.2. The Balaban J connectivity index is 1.86. The molecule has 10 nitrogen and oxygen atoms in total. The number of imidazole rings is 1. The van der Waals surface area contributed by atoms with Crippen LogP contribution in [0.1, 0.15) is 0 Å². The van der Waals surface area contributed by atoms with E-state index in [0.717, 1.165) is 18.5 Å². The minimum atomic E-state index is -2.57. The van der Waals surface area contributed by atoms with Gasteiger partial charge in [0.05, 0.1) is 5.69 Å². The topological polar surface area (TPSA) is 148 Å². The molecule has 2 aromatic heterocycles. The second-order valence-electron chi connectivity index (χ2n) is 4.74. The number of anilines is 3. The van der Waals surface area contributed by atoms with Gasteiger partial charge in [-0.05, 0) is 24.4 Å². The maximum Gasteiger partial charge on any atom is 0.325 e. The van der Waals surface area contributed by atoms with Gasteiger partial charge in [0, 0.05) is 0 Å². The highest BCUT2D eigenvalue weighted by molar-refractivity contribution is 7.80. The largest absolute Gasteiger partial charge is 0.326 e. The van der Waals surface area contributed by atoms with Gasteiger partial charge in [0.2, 0.25) is 0 Å². The molecule has 26 heavy (non-hydrogen) atoms. The number of amides is 2. The standard InChI is InChI=1S/C12H9F2N7O3S2/c13-4-1-2-5(21-26(23)24)6(14)7(4)17-11(22)19-9-8-10(16-3-15-9)20-12(25)18-8/h1-3,21H,(H,23,24)(H4,15,16,17,18,19,20,22,25). The number of aromatic nitrogens is 4. The second kappa shape index (κ2) is 7.11. The fourth-order valence-corrected chi connectivity index (χ4v) is 2.58. The summed E-state index contributed by atoms with van der Waals surface area (Å²) in [7, 11) is 0. The van der Waals surface area contributed by atoms with Crippen LogP contribution in [-0.2, 0) is 11.3 Å². The highest BCUT2D eigenvalue weighted by atomic mass is 32.2. The van der Waals surface area contributed by atoms with Crippen LogP contribution >= 0.6 is 12.2 Å². The molecule has 1 unspecified atom stereocenters. The van der Waals surface area contributed by atoms with Crippen molar-refractivity contribution in [2.75, 3.05) is 15.4 Å². The van der Waals surface area contributed by atoms with E-state index in [1.54, 1.807) is 0 Å². The zero-order chi connectivity index (χ0) is 18.8. The van der Waals surface area contributed by atoms with Crippen LogP contribution < -0.4 is 15.4 Å². The first-order chi connectivity index (χ1) is 12.3. The average molecular weight is 401 g/mol. The molecule has 0 saturated heterocycles. The first kappa shape index (κ1) is 17.8. The smallest absolute Gasteiger partial charge is 0.325 e. The average Bonchev–Trinajstić information content (AvgIpc) is 2.95. The lowest BCUT2D eigenvalue weighted by Gasteiger charge is -2.11. The van der Waals surface area contributed by atoms with Crippen molar-refractivity contribution in [3.63, 3.8) is 0 Å². The lowest BCUT2D eigenvalue weighted by Crippen LogP contribution is -2.22. The van der Waals surface area contributed by atoms with Gasteiger partial charge in [-0.25, -0.2) is 27.8 Å². The predicted molar refractivity (Wildman–Crippen MR) is 92.5 cm³/mol. The van der Waals surface area contributed by atoms with Crippen molar-refractivity contribution < 1.29 is 22.3 Å². The van der Waals surface area contributed by atoms with E-state index in [4.69, 9.17) is 16.8 Å². The van der Waals surface area contributed by atoms with Gasteiger partial charge in [0.25, 0.3) is 11.3 Å². The van der Waals surface area contributed by atoms with Gasteiger partial charge >= 0.3 is 6.03 Å². The van der Waals surface area contributed by atoms with Gasteiger partial charge in [-0.3, -0.25) is 14.6 Å². The molecule has 0 bridgehead atoms. The Morgan fingerprint density at radius 3 is 2.73 bits per heavy atom. The second-order valence-corrected chi connectivity index (χ2v) is 5.85. The van der Waals surface area contributed by atoms with Crippen LogP contribution in [-0.4, -0.2) is 34.7 Å². The molecule has 0 fully saturated rings. The predicted octanol–water partition coefficient (Wildman–Crippen LogP) is 2.49. The molecule has 136 valence electrons. The Bertz CT molecular complexity index is 1080. The fourth-order valence-electron chi connectivity index (χ4n) is 2.04. The third-order valence-corrected chi connectivity index (χ3v) is 3.68. The van der Waals surface area contributed by atoms with E-state index in [0.29, 0.717) is 11.2 Å². The third-order valence-electron chi connectivity index (χ3n) is 3.08. The number of halogens is 2. The number of hydrogen-bond donors (Lipinski definition) is 6. The quantitative estimate of drug-likeness (QED) is 0.292. The molecular weight excluding hydrogens is 392 g/mol. The molecule has 14 heteroatoms. The highest BCUT2D eigenvalue weighted by Crippen LogP contribution is 2.26. The minimum absolute atomic E-state index is 0.0198. The summed E-state index contributed by atoms with van der Waals surface area (Å²) in [5.74, 6) is -2.32. The summed E-state index contributed by atoms with van der Waals surface area (Å²) in [6.07, 6.45) is 1.15. The number of H-pyrrole nitrogens is 2. The maximum absolute atomic E-state index is 14.2. The number of hydrogen-bond acceptors (Lipinski definition) is 5. The molecule has 0 radical (unpaired) electrons. The number of nitrogens with zero attached hydrogens (tertiary/aromatic N) is 2. The Labute approximate surface area is 150 Å². The number of aromatic amines is 2. The molecule has 0 aliphatic rings. The summed E-state index contributed by atoms with van der Waals surface area (Å²) in [5.41, 5.74) is -0.666. The van der Waals surface area contributed by atoms with E-state index in [2.05, 4.69) is 25.3 Å². The van der Waals surface area contributed by atoms with Crippen molar-refractivity contribution in [3.8, 4) is 0 Å². The van der Waals surface area contributed by atoms with Gasteiger partial charge < -0.3 is 15.3 Å². The molecule has 3 aromatic rings. The van der Waals surface area contributed by atoms with Crippen LogP contribution in [0.25, 0.3) is 11.2 Å². The Hall–Kier alpha value is -2.97. The van der Waals surface area contributed by atoms with Crippen molar-refractivity contribution in [3.05, 3.63) is 34.9 Å². The summed E-state index contributed by atoms with van der Waals surface area (Å²) >= 11 is 2.34. The normalized spacial score (nSPS) is 12.0. The summed E-state index contributed by atoms with van der Waals surface area (Å²) in [6, 6.07) is 0.723. The van der Waals surface area contributed by atoms with E-state index >= 15 is 0 Å². The van der Waals surface area contributed by atoms with Crippen molar-refractivity contribution in [1.82, 2.24) is 19.9 Å². The van der Waals surface area contributed by atoms with Crippen LogP contribution in [0.2, 0.25) is 0 Å². The summed E-state index contributed by atoms with van der Waals surface area (Å²) in [4.78, 5) is 25.3. The monoisotopic (exact) mass is 401 g/mol. The first-order valence-corrected chi connectivity index (χ1v) is 8.23. The van der Waals surface area contributed by atoms with Gasteiger partial charge in [-0.15, -0.1) is 0 Å². The lowest BCUT2D eigenvalue weighted by molar-refractivity contribution is 0.262. The molecule has 1 atom stereocenters. The van der Waals surface area contributed by atoms with Crippen molar-refractivity contribution in [1.29, 1.82) is 0 Å². The summed E-state index contributed by atoms with van der Waals surface area (Å²) in [5, 5.41) is 4.28. The molecule has 2 heterocycles. The Morgan fingerprint density at radius 2 is 2.00 bits per heavy atom. The molecule has 0 spiro atoms. The number of carbonyl (C=O) groups is 1. The molecular formula is C12H9F2N7O3S2. The SMILES string of the molecule is O=C(Nc1c(F)ccc(NS(=O)O)c1F)Nc1ncnc2[nH]c(=S)[nH]c12. The van der Waals surface area contributed by atoms with Crippen LogP contribution in [0.5, 0.6) is 0 Å². The first-order valence-electron chi connectivity index (χ1n) is 6.71. The number of urea groups is 1. The van der Waals surface area contributed by atoms with Crippen LogP contribution in [0.15, 0.2) is 18.5 Å². The van der Waals surface area contributed by atoms with Gasteiger partial charge in [-0.1, -0.05) is 0 Å². The van der Waals surface area contributed by atoms with Crippen molar-refractivity contribution in [2.45, 2.75) is 0 Å². The molecule has 0 saturated carbocycles. The van der Waals surface area contributed by atoms with E-state index in [1.165, 1.54) is 0 Å². The van der Waals surface area contributed by atoms with Crippen LogP contribution in [0.4, 0.5) is 30.8 Å². The Morgan fingerprint density at radius 1 is 1.23 bits per heavy atom. The van der Waals surface area contributed by atoms with Gasteiger partial charge in [0.15, 0.2) is 22.1 Å². The number of fused-ring (bicyclic) bond motifs is 1. The molecule has 0 aliphatic heterocycles. The number of rotatable bonds is 4. The molecule has 1 aromatic carbocycles.